The molecule has 158 valence electrons. The van der Waals surface area contributed by atoms with Crippen LogP contribution in [0.4, 0.5) is 0 Å². The van der Waals surface area contributed by atoms with Crippen LogP contribution in [0.1, 0.15) is 60.3 Å². The quantitative estimate of drug-likeness (QED) is 0.426. The van der Waals surface area contributed by atoms with Crippen molar-refractivity contribution >= 4 is 5.91 Å². The molecule has 0 spiro atoms. The summed E-state index contributed by atoms with van der Waals surface area (Å²) < 4.78 is 5.61. The molecule has 27 heavy (non-hydrogen) atoms. The van der Waals surface area contributed by atoms with E-state index in [0.717, 1.165) is 31.5 Å². The molecule has 0 aromatic heterocycles. The maximum atomic E-state index is 12.2. The predicted octanol–water partition coefficient (Wildman–Crippen LogP) is 2.25. The van der Waals surface area contributed by atoms with Crippen molar-refractivity contribution in [3.05, 3.63) is 11.9 Å². The monoisotopic (exact) mass is 384 g/mol. The molecule has 0 saturated carbocycles. The van der Waals surface area contributed by atoms with Crippen LogP contribution in [0.25, 0.3) is 0 Å². The molecule has 7 heteroatoms. The second-order valence-electron chi connectivity index (χ2n) is 7.98. The van der Waals surface area contributed by atoms with Crippen LogP contribution in [-0.2, 0) is 9.53 Å². The zero-order valence-electron chi connectivity index (χ0n) is 17.8. The Balaban J connectivity index is 2.40. The molecule has 2 atom stereocenters. The molecule has 0 aromatic rings. The molecule has 0 saturated heterocycles. The summed E-state index contributed by atoms with van der Waals surface area (Å²) in [5, 5.41) is 12.0. The Morgan fingerprint density at radius 1 is 1.26 bits per heavy atom. The van der Waals surface area contributed by atoms with Crippen molar-refractivity contribution in [1.29, 1.82) is 0 Å². The minimum absolute atomic E-state index is 0.159. The van der Waals surface area contributed by atoms with Crippen LogP contribution in [0, 0.1) is 11.8 Å². The minimum atomic E-state index is -0.571. The minimum Gasteiger partial charge on any atom is -0.389 e. The first kappa shape index (κ1) is 23.7. The lowest BCUT2D eigenvalue weighted by molar-refractivity contribution is -0.130. The second-order valence-corrected chi connectivity index (χ2v) is 7.98. The van der Waals surface area contributed by atoms with Crippen molar-refractivity contribution < 1.29 is 14.6 Å². The number of aliphatic hydroxyl groups excluding tert-OH is 1. The van der Waals surface area contributed by atoms with Gasteiger partial charge in [0.1, 0.15) is 0 Å². The Hall–Kier alpha value is -1.31. The number of β-amino-alcohol motifs (C(OH)–C–C–N with tert-alkyl or cyclic N) is 1. The molecule has 1 heterocycles. The van der Waals surface area contributed by atoms with E-state index in [1.807, 2.05) is 18.0 Å². The van der Waals surface area contributed by atoms with Crippen molar-refractivity contribution in [2.75, 3.05) is 32.8 Å². The molecule has 1 rings (SSSR count). The number of rotatable bonds is 14. The fourth-order valence-corrected chi connectivity index (χ4v) is 2.97. The third-order valence-electron chi connectivity index (χ3n) is 4.57. The maximum absolute atomic E-state index is 12.2. The zero-order chi connectivity index (χ0) is 20.2. The van der Waals surface area contributed by atoms with E-state index in [-0.39, 0.29) is 5.91 Å². The molecule has 7 nitrogen and oxygen atoms in total. The highest BCUT2D eigenvalue weighted by atomic mass is 16.5. The number of hydrogen-bond donors (Lipinski definition) is 3. The first-order chi connectivity index (χ1) is 12.8. The van der Waals surface area contributed by atoms with Gasteiger partial charge in [-0.25, -0.2) is 0 Å². The Labute approximate surface area is 165 Å². The lowest BCUT2D eigenvalue weighted by atomic mass is 10.1. The van der Waals surface area contributed by atoms with E-state index in [1.54, 1.807) is 5.01 Å². The summed E-state index contributed by atoms with van der Waals surface area (Å²) in [6, 6.07) is 0. The van der Waals surface area contributed by atoms with E-state index < -0.39 is 6.10 Å². The van der Waals surface area contributed by atoms with Crippen LogP contribution >= 0.6 is 0 Å². The lowest BCUT2D eigenvalue weighted by Gasteiger charge is -2.23. The molecule has 0 fully saturated rings. The highest BCUT2D eigenvalue weighted by Gasteiger charge is 2.19. The average Bonchev–Trinajstić information content (AvgIpc) is 3.04. The molecule has 0 bridgehead atoms. The largest absolute Gasteiger partial charge is 0.389 e. The van der Waals surface area contributed by atoms with Gasteiger partial charge >= 0.3 is 0 Å². The third-order valence-corrected chi connectivity index (χ3v) is 4.57. The van der Waals surface area contributed by atoms with Crippen LogP contribution in [0.2, 0.25) is 0 Å². The SMILES string of the molecule is CCCC(C)COCC(O)CN1C=C(CN(CCC(C)C)C(=O)CC)NN1. The van der Waals surface area contributed by atoms with Crippen LogP contribution in [0.15, 0.2) is 11.9 Å². The first-order valence-electron chi connectivity index (χ1n) is 10.4. The average molecular weight is 385 g/mol. The number of aliphatic hydroxyl groups is 1. The van der Waals surface area contributed by atoms with Gasteiger partial charge in [-0.1, -0.05) is 41.0 Å². The van der Waals surface area contributed by atoms with Gasteiger partial charge in [0.2, 0.25) is 5.91 Å². The number of nitrogens with zero attached hydrogens (tertiary/aromatic N) is 2. The van der Waals surface area contributed by atoms with Gasteiger partial charge in [-0.05, 0) is 24.7 Å². The molecule has 0 radical (unpaired) electrons. The van der Waals surface area contributed by atoms with Crippen molar-refractivity contribution in [1.82, 2.24) is 20.9 Å². The molecular weight excluding hydrogens is 344 g/mol. The van der Waals surface area contributed by atoms with Crippen LogP contribution in [0.3, 0.4) is 0 Å². The number of carbonyl (C=O) groups is 1. The second kappa shape index (κ2) is 13.0. The topological polar surface area (TPSA) is 77.1 Å². The van der Waals surface area contributed by atoms with Gasteiger partial charge in [-0.2, -0.15) is 0 Å². The summed E-state index contributed by atoms with van der Waals surface area (Å²) in [5.74, 6) is 1.24. The summed E-state index contributed by atoms with van der Waals surface area (Å²) >= 11 is 0. The van der Waals surface area contributed by atoms with E-state index in [4.69, 9.17) is 4.74 Å². The van der Waals surface area contributed by atoms with Crippen LogP contribution < -0.4 is 11.0 Å². The molecule has 1 amide bonds. The van der Waals surface area contributed by atoms with Crippen LogP contribution in [0.5, 0.6) is 0 Å². The normalized spacial score (nSPS) is 16.3. The van der Waals surface area contributed by atoms with Gasteiger partial charge in [0.15, 0.2) is 0 Å². The van der Waals surface area contributed by atoms with Gasteiger partial charge in [0.05, 0.1) is 31.5 Å². The fraction of sp³-hybridized carbons (Fsp3) is 0.850. The Morgan fingerprint density at radius 3 is 2.63 bits per heavy atom. The van der Waals surface area contributed by atoms with Gasteiger partial charge < -0.3 is 20.2 Å². The molecular formula is C20H40N4O3. The van der Waals surface area contributed by atoms with Crippen molar-refractivity contribution in [3.63, 3.8) is 0 Å². The Kier molecular flexibility index (Phi) is 11.4. The predicted molar refractivity (Wildman–Crippen MR) is 108 cm³/mol. The van der Waals surface area contributed by atoms with Gasteiger partial charge in [-0.3, -0.25) is 9.80 Å². The summed E-state index contributed by atoms with van der Waals surface area (Å²) in [6.45, 7) is 13.3. The molecule has 1 aliphatic heterocycles. The standard InChI is InChI=1S/C20H40N4O3/c1-6-8-17(5)14-27-15-19(25)13-24-12-18(21-22-24)11-23(20(26)7-2)10-9-16(3)4/h12,16-17,19,21-22,25H,6-11,13-15H2,1-5H3. The van der Waals surface area contributed by atoms with Gasteiger partial charge in [0, 0.05) is 25.8 Å². The Bertz CT molecular complexity index is 457. The highest BCUT2D eigenvalue weighted by Crippen LogP contribution is 2.09. The van der Waals surface area contributed by atoms with E-state index in [0.29, 0.717) is 44.6 Å². The molecule has 3 N–H and O–H groups in total. The number of nitrogens with one attached hydrogen (secondary N) is 2. The zero-order valence-corrected chi connectivity index (χ0v) is 17.8. The maximum Gasteiger partial charge on any atom is 0.222 e. The van der Waals surface area contributed by atoms with E-state index in [1.165, 1.54) is 0 Å². The van der Waals surface area contributed by atoms with E-state index in [2.05, 4.69) is 38.7 Å². The summed E-state index contributed by atoms with van der Waals surface area (Å²) in [7, 11) is 0. The van der Waals surface area contributed by atoms with Gasteiger partial charge in [-0.15, -0.1) is 5.53 Å². The Morgan fingerprint density at radius 2 is 2.00 bits per heavy atom. The molecule has 1 aliphatic rings. The third kappa shape index (κ3) is 9.98. The molecule has 2 unspecified atom stereocenters. The smallest absolute Gasteiger partial charge is 0.222 e. The fourth-order valence-electron chi connectivity index (χ4n) is 2.97. The first-order valence-corrected chi connectivity index (χ1v) is 10.4. The van der Waals surface area contributed by atoms with Crippen molar-refractivity contribution in [2.24, 2.45) is 11.8 Å². The number of amides is 1. The van der Waals surface area contributed by atoms with E-state index in [9.17, 15) is 9.90 Å². The van der Waals surface area contributed by atoms with Crippen molar-refractivity contribution in [2.45, 2.75) is 66.4 Å². The lowest BCUT2D eigenvalue weighted by Crippen LogP contribution is -2.43. The number of hydrazine groups is 2. The molecule has 0 aromatic carbocycles. The number of hydrogen-bond acceptors (Lipinski definition) is 6. The van der Waals surface area contributed by atoms with Gasteiger partial charge in [0.25, 0.3) is 0 Å². The summed E-state index contributed by atoms with van der Waals surface area (Å²) in [6.07, 6.45) is 5.13. The summed E-state index contributed by atoms with van der Waals surface area (Å²) in [4.78, 5) is 14.1. The number of carbonyl (C=O) groups excluding carboxylic acids is 1. The van der Waals surface area contributed by atoms with Crippen LogP contribution in [-0.4, -0.2) is 59.9 Å². The number of ether oxygens (including phenoxy) is 1. The van der Waals surface area contributed by atoms with E-state index >= 15 is 0 Å². The summed E-state index contributed by atoms with van der Waals surface area (Å²) in [5.41, 5.74) is 7.03. The van der Waals surface area contributed by atoms with Crippen molar-refractivity contribution in [3.8, 4) is 0 Å². The molecule has 0 aliphatic carbocycles. The highest BCUT2D eigenvalue weighted by molar-refractivity contribution is 5.76.